The van der Waals surface area contributed by atoms with E-state index in [0.29, 0.717) is 0 Å². The second-order valence-corrected chi connectivity index (χ2v) is 3.13. The SMILES string of the molecule is CC[N+]1(CC)CCCC1.[I-]. The van der Waals surface area contributed by atoms with Crippen molar-refractivity contribution < 1.29 is 28.5 Å². The summed E-state index contributed by atoms with van der Waals surface area (Å²) in [6, 6.07) is 0. The Morgan fingerprint density at radius 3 is 1.60 bits per heavy atom. The van der Waals surface area contributed by atoms with Gasteiger partial charge in [-0.25, -0.2) is 0 Å². The van der Waals surface area contributed by atoms with Gasteiger partial charge in [-0.15, -0.1) is 0 Å². The normalized spacial score (nSPS) is 22.2. The highest BCUT2D eigenvalue weighted by Crippen LogP contribution is 2.17. The van der Waals surface area contributed by atoms with Crippen LogP contribution in [0.5, 0.6) is 0 Å². The van der Waals surface area contributed by atoms with Crippen LogP contribution in [-0.2, 0) is 0 Å². The van der Waals surface area contributed by atoms with E-state index in [4.69, 9.17) is 0 Å². The summed E-state index contributed by atoms with van der Waals surface area (Å²) in [5.74, 6) is 0. The smallest absolute Gasteiger partial charge is 0.0788 e. The van der Waals surface area contributed by atoms with E-state index < -0.39 is 0 Å². The molecule has 0 aromatic heterocycles. The minimum Gasteiger partial charge on any atom is -1.00 e. The number of hydrogen-bond acceptors (Lipinski definition) is 0. The first-order valence-electron chi connectivity index (χ1n) is 4.18. The highest BCUT2D eigenvalue weighted by molar-refractivity contribution is 4.51. The summed E-state index contributed by atoms with van der Waals surface area (Å²) in [6.45, 7) is 10.2. The summed E-state index contributed by atoms with van der Waals surface area (Å²) in [6.07, 6.45) is 2.92. The lowest BCUT2D eigenvalue weighted by atomic mass is 10.4. The highest BCUT2D eigenvalue weighted by Gasteiger charge is 2.27. The topological polar surface area (TPSA) is 0 Å². The van der Waals surface area contributed by atoms with Crippen LogP contribution in [0.15, 0.2) is 0 Å². The molecular formula is C8H18IN. The monoisotopic (exact) mass is 255 g/mol. The summed E-state index contributed by atoms with van der Waals surface area (Å²) in [5, 5.41) is 0. The molecule has 0 aliphatic carbocycles. The van der Waals surface area contributed by atoms with Gasteiger partial charge < -0.3 is 28.5 Å². The van der Waals surface area contributed by atoms with Gasteiger partial charge in [-0.05, 0) is 13.8 Å². The minimum absolute atomic E-state index is 0. The zero-order valence-corrected chi connectivity index (χ0v) is 9.23. The molecule has 0 radical (unpaired) electrons. The summed E-state index contributed by atoms with van der Waals surface area (Å²) >= 11 is 0. The van der Waals surface area contributed by atoms with Gasteiger partial charge in [0.2, 0.25) is 0 Å². The van der Waals surface area contributed by atoms with Gasteiger partial charge in [0.05, 0.1) is 26.2 Å². The van der Waals surface area contributed by atoms with Gasteiger partial charge in [-0.2, -0.15) is 0 Å². The van der Waals surface area contributed by atoms with Crippen molar-refractivity contribution in [3.05, 3.63) is 0 Å². The van der Waals surface area contributed by atoms with E-state index in [0.717, 1.165) is 0 Å². The van der Waals surface area contributed by atoms with Crippen molar-refractivity contribution in [2.45, 2.75) is 26.7 Å². The maximum atomic E-state index is 2.31. The van der Waals surface area contributed by atoms with Gasteiger partial charge in [0.1, 0.15) is 0 Å². The number of rotatable bonds is 2. The van der Waals surface area contributed by atoms with Crippen molar-refractivity contribution in [3.8, 4) is 0 Å². The molecule has 0 atom stereocenters. The Kier molecular flexibility index (Phi) is 4.86. The van der Waals surface area contributed by atoms with Gasteiger partial charge in [0.25, 0.3) is 0 Å². The Hall–Kier alpha value is 0.690. The maximum Gasteiger partial charge on any atom is 0.0788 e. The maximum absolute atomic E-state index is 2.31. The van der Waals surface area contributed by atoms with Crippen molar-refractivity contribution >= 4 is 0 Å². The van der Waals surface area contributed by atoms with E-state index in [1.807, 2.05) is 0 Å². The number of halogens is 1. The fourth-order valence-corrected chi connectivity index (χ4v) is 1.86. The third-order valence-electron chi connectivity index (χ3n) is 2.86. The molecule has 2 heteroatoms. The number of nitrogens with zero attached hydrogens (tertiary/aromatic N) is 1. The molecule has 0 spiro atoms. The first kappa shape index (κ1) is 10.7. The van der Waals surface area contributed by atoms with Crippen LogP contribution >= 0.6 is 0 Å². The Labute approximate surface area is 81.4 Å². The molecular weight excluding hydrogens is 237 g/mol. The van der Waals surface area contributed by atoms with Crippen LogP contribution in [0.4, 0.5) is 0 Å². The van der Waals surface area contributed by atoms with Crippen molar-refractivity contribution in [2.24, 2.45) is 0 Å². The van der Waals surface area contributed by atoms with E-state index in [-0.39, 0.29) is 24.0 Å². The molecule has 1 fully saturated rings. The molecule has 1 rings (SSSR count). The molecule has 0 bridgehead atoms. The van der Waals surface area contributed by atoms with Crippen LogP contribution in [0, 0.1) is 0 Å². The Balaban J connectivity index is 0.000000810. The first-order chi connectivity index (χ1) is 4.33. The lowest BCUT2D eigenvalue weighted by Crippen LogP contribution is -3.00. The summed E-state index contributed by atoms with van der Waals surface area (Å²) in [7, 11) is 0. The van der Waals surface area contributed by atoms with Crippen molar-refractivity contribution in [1.29, 1.82) is 0 Å². The zero-order valence-electron chi connectivity index (χ0n) is 7.07. The van der Waals surface area contributed by atoms with Crippen molar-refractivity contribution in [2.75, 3.05) is 26.2 Å². The van der Waals surface area contributed by atoms with Crippen LogP contribution in [0.25, 0.3) is 0 Å². The third-order valence-corrected chi connectivity index (χ3v) is 2.86. The van der Waals surface area contributed by atoms with E-state index in [1.165, 1.54) is 43.5 Å². The van der Waals surface area contributed by atoms with Crippen LogP contribution in [-0.4, -0.2) is 30.7 Å². The number of hydrogen-bond donors (Lipinski definition) is 0. The second kappa shape index (κ2) is 4.54. The molecule has 0 aromatic rings. The summed E-state index contributed by atoms with van der Waals surface area (Å²) in [5.41, 5.74) is 0. The average molecular weight is 255 g/mol. The molecule has 0 saturated carbocycles. The Morgan fingerprint density at radius 2 is 1.40 bits per heavy atom. The van der Waals surface area contributed by atoms with Crippen molar-refractivity contribution in [1.82, 2.24) is 0 Å². The molecule has 0 aromatic carbocycles. The van der Waals surface area contributed by atoms with Crippen LogP contribution < -0.4 is 24.0 Å². The standard InChI is InChI=1S/C8H18N.HI/c1-3-9(4-2)7-5-6-8-9;/h3-8H2,1-2H3;1H/q+1;/p-1. The zero-order chi connectivity index (χ0) is 6.74. The Morgan fingerprint density at radius 1 is 1.00 bits per heavy atom. The second-order valence-electron chi connectivity index (χ2n) is 3.13. The molecule has 1 saturated heterocycles. The molecule has 10 heavy (non-hydrogen) atoms. The number of likely N-dealkylation sites (tertiary alicyclic amines) is 1. The average Bonchev–Trinajstić information content (AvgIpc) is 2.36. The summed E-state index contributed by atoms with van der Waals surface area (Å²) < 4.78 is 1.39. The lowest BCUT2D eigenvalue weighted by Gasteiger charge is -2.31. The van der Waals surface area contributed by atoms with Gasteiger partial charge in [-0.1, -0.05) is 0 Å². The molecule has 0 N–H and O–H groups in total. The molecule has 0 unspecified atom stereocenters. The molecule has 62 valence electrons. The van der Waals surface area contributed by atoms with Gasteiger partial charge >= 0.3 is 0 Å². The predicted molar refractivity (Wildman–Crippen MR) is 40.3 cm³/mol. The van der Waals surface area contributed by atoms with Crippen LogP contribution in [0.1, 0.15) is 26.7 Å². The fraction of sp³-hybridized carbons (Fsp3) is 1.00. The fourth-order valence-electron chi connectivity index (χ4n) is 1.86. The Bertz CT molecular complexity index is 81.3. The minimum atomic E-state index is 0. The van der Waals surface area contributed by atoms with E-state index in [9.17, 15) is 0 Å². The van der Waals surface area contributed by atoms with Crippen molar-refractivity contribution in [3.63, 3.8) is 0 Å². The van der Waals surface area contributed by atoms with E-state index in [1.54, 1.807) is 0 Å². The van der Waals surface area contributed by atoms with Gasteiger partial charge in [0.15, 0.2) is 0 Å². The van der Waals surface area contributed by atoms with Gasteiger partial charge in [0, 0.05) is 12.8 Å². The van der Waals surface area contributed by atoms with E-state index >= 15 is 0 Å². The lowest BCUT2D eigenvalue weighted by molar-refractivity contribution is -0.913. The summed E-state index contributed by atoms with van der Waals surface area (Å²) in [4.78, 5) is 0. The van der Waals surface area contributed by atoms with E-state index in [2.05, 4.69) is 13.8 Å². The highest BCUT2D eigenvalue weighted by atomic mass is 127. The molecule has 1 aliphatic rings. The third kappa shape index (κ3) is 2.09. The quantitative estimate of drug-likeness (QED) is 0.422. The van der Waals surface area contributed by atoms with Gasteiger partial charge in [-0.3, -0.25) is 0 Å². The largest absolute Gasteiger partial charge is 1.00 e. The first-order valence-corrected chi connectivity index (χ1v) is 4.18. The predicted octanol–water partition coefficient (Wildman–Crippen LogP) is -1.36. The molecule has 1 heterocycles. The van der Waals surface area contributed by atoms with Crippen LogP contribution in [0.3, 0.4) is 0 Å². The van der Waals surface area contributed by atoms with Crippen LogP contribution in [0.2, 0.25) is 0 Å². The molecule has 0 amide bonds. The molecule has 1 nitrogen and oxygen atoms in total. The number of quaternary nitrogens is 1. The molecule has 1 aliphatic heterocycles.